The van der Waals surface area contributed by atoms with Gasteiger partial charge in [0.05, 0.1) is 16.8 Å². The summed E-state index contributed by atoms with van der Waals surface area (Å²) in [6.07, 6.45) is 2.93. The van der Waals surface area contributed by atoms with Crippen LogP contribution in [0.4, 0.5) is 5.69 Å². The van der Waals surface area contributed by atoms with Gasteiger partial charge in [-0.25, -0.2) is 4.79 Å². The minimum absolute atomic E-state index is 0.109. The number of nitrogens with zero attached hydrogens (tertiary/aromatic N) is 1. The van der Waals surface area contributed by atoms with E-state index in [-0.39, 0.29) is 17.2 Å². The monoisotopic (exact) mass is 356 g/mol. The third kappa shape index (κ3) is 3.77. The molecule has 0 spiro atoms. The van der Waals surface area contributed by atoms with Crippen LogP contribution in [-0.4, -0.2) is 40.9 Å². The first-order valence-corrected chi connectivity index (χ1v) is 8.47. The number of carbonyl (C=O) groups is 3. The van der Waals surface area contributed by atoms with E-state index in [1.165, 1.54) is 0 Å². The Morgan fingerprint density at radius 3 is 2.54 bits per heavy atom. The molecule has 2 aromatic rings. The fourth-order valence-corrected chi connectivity index (χ4v) is 2.91. The molecule has 3 rings (SSSR count). The molecule has 0 radical (unpaired) electrons. The van der Waals surface area contributed by atoms with Crippen LogP contribution in [-0.2, 0) is 0 Å². The predicted molar refractivity (Wildman–Crippen MR) is 94.4 cm³/mol. The molecule has 7 heteroatoms. The summed E-state index contributed by atoms with van der Waals surface area (Å²) >= 11 is 0. The quantitative estimate of drug-likeness (QED) is 0.877. The van der Waals surface area contributed by atoms with Crippen LogP contribution >= 0.6 is 0 Å². The number of nitrogens with one attached hydrogen (secondary N) is 1. The molecule has 1 aliphatic heterocycles. The second-order valence-electron chi connectivity index (χ2n) is 6.48. The maximum Gasteiger partial charge on any atom is 0.338 e. The molecule has 2 heterocycles. The summed E-state index contributed by atoms with van der Waals surface area (Å²) in [5.74, 6) is -1.43. The number of aromatic carboxylic acids is 1. The molecular formula is C19H20N2O5. The van der Waals surface area contributed by atoms with Crippen molar-refractivity contribution < 1.29 is 23.9 Å². The van der Waals surface area contributed by atoms with Gasteiger partial charge in [-0.05, 0) is 30.9 Å². The van der Waals surface area contributed by atoms with E-state index < -0.39 is 11.9 Å². The molecule has 1 aliphatic rings. The third-order valence-corrected chi connectivity index (χ3v) is 4.55. The molecule has 136 valence electrons. The maximum atomic E-state index is 12.8. The van der Waals surface area contributed by atoms with Crippen LogP contribution in [0.2, 0.25) is 0 Å². The van der Waals surface area contributed by atoms with Gasteiger partial charge in [-0.1, -0.05) is 19.1 Å². The zero-order valence-electron chi connectivity index (χ0n) is 14.4. The van der Waals surface area contributed by atoms with Gasteiger partial charge < -0.3 is 19.7 Å². The van der Waals surface area contributed by atoms with E-state index in [0.29, 0.717) is 30.3 Å². The van der Waals surface area contributed by atoms with Crippen molar-refractivity contribution in [2.45, 2.75) is 19.8 Å². The Morgan fingerprint density at radius 1 is 1.19 bits per heavy atom. The fourth-order valence-electron chi connectivity index (χ4n) is 2.91. The van der Waals surface area contributed by atoms with Crippen LogP contribution in [0.15, 0.2) is 41.0 Å². The molecule has 0 aliphatic carbocycles. The highest BCUT2D eigenvalue weighted by atomic mass is 16.4. The van der Waals surface area contributed by atoms with Crippen LogP contribution < -0.4 is 5.32 Å². The highest BCUT2D eigenvalue weighted by molar-refractivity contribution is 6.08. The standard InChI is InChI=1S/C19H20N2O5/c1-12-6-8-21(9-7-12)18(23)14-4-2-3-5-15(14)20-17(22)16-10-13(11-26-16)19(24)25/h2-5,10-12H,6-9H2,1H3,(H,20,22)(H,24,25). The molecule has 1 aromatic carbocycles. The van der Waals surface area contributed by atoms with Crippen molar-refractivity contribution in [3.63, 3.8) is 0 Å². The summed E-state index contributed by atoms with van der Waals surface area (Å²) in [5, 5.41) is 11.5. The van der Waals surface area contributed by atoms with E-state index in [9.17, 15) is 14.4 Å². The molecule has 0 atom stereocenters. The van der Waals surface area contributed by atoms with Crippen molar-refractivity contribution in [1.29, 1.82) is 0 Å². The van der Waals surface area contributed by atoms with Gasteiger partial charge in [0.15, 0.2) is 5.76 Å². The smallest absolute Gasteiger partial charge is 0.338 e. The molecule has 7 nitrogen and oxygen atoms in total. The van der Waals surface area contributed by atoms with Gasteiger partial charge in [0.1, 0.15) is 6.26 Å². The van der Waals surface area contributed by atoms with Gasteiger partial charge in [-0.2, -0.15) is 0 Å². The van der Waals surface area contributed by atoms with Crippen molar-refractivity contribution in [1.82, 2.24) is 4.90 Å². The second kappa shape index (κ2) is 7.43. The number of hydrogen-bond donors (Lipinski definition) is 2. The second-order valence-corrected chi connectivity index (χ2v) is 6.48. The molecule has 0 saturated carbocycles. The third-order valence-electron chi connectivity index (χ3n) is 4.55. The van der Waals surface area contributed by atoms with Crippen molar-refractivity contribution >= 4 is 23.5 Å². The number of carboxylic acid groups (broad SMARTS) is 1. The number of amides is 2. The Hall–Kier alpha value is -3.09. The average Bonchev–Trinajstić information content (AvgIpc) is 3.13. The Balaban J connectivity index is 1.77. The number of piperidine rings is 1. The fraction of sp³-hybridized carbons (Fsp3) is 0.316. The van der Waals surface area contributed by atoms with E-state index in [2.05, 4.69) is 12.2 Å². The van der Waals surface area contributed by atoms with Gasteiger partial charge in [0, 0.05) is 19.2 Å². The van der Waals surface area contributed by atoms with Crippen molar-refractivity contribution in [3.05, 3.63) is 53.5 Å². The number of para-hydroxylation sites is 1. The highest BCUT2D eigenvalue weighted by Gasteiger charge is 2.24. The number of anilines is 1. The first-order valence-electron chi connectivity index (χ1n) is 8.47. The van der Waals surface area contributed by atoms with Crippen molar-refractivity contribution in [2.75, 3.05) is 18.4 Å². The van der Waals surface area contributed by atoms with Gasteiger partial charge in [-0.15, -0.1) is 0 Å². The number of carbonyl (C=O) groups excluding carboxylic acids is 2. The summed E-state index contributed by atoms with van der Waals surface area (Å²) in [5.41, 5.74) is 0.664. The van der Waals surface area contributed by atoms with Crippen molar-refractivity contribution in [3.8, 4) is 0 Å². The first-order chi connectivity index (χ1) is 12.5. The van der Waals surface area contributed by atoms with Crippen molar-refractivity contribution in [2.24, 2.45) is 5.92 Å². The first kappa shape index (κ1) is 17.7. The zero-order valence-corrected chi connectivity index (χ0v) is 14.4. The normalized spacial score (nSPS) is 14.9. The number of carboxylic acids is 1. The summed E-state index contributed by atoms with van der Waals surface area (Å²) in [6.45, 7) is 3.57. The molecule has 0 unspecified atom stereocenters. The molecule has 1 saturated heterocycles. The lowest BCUT2D eigenvalue weighted by atomic mass is 9.98. The summed E-state index contributed by atoms with van der Waals surface area (Å²) in [6, 6.07) is 7.91. The summed E-state index contributed by atoms with van der Waals surface area (Å²) < 4.78 is 5.00. The average molecular weight is 356 g/mol. The van der Waals surface area contributed by atoms with E-state index in [1.807, 2.05) is 0 Å². The number of benzene rings is 1. The van der Waals surface area contributed by atoms with E-state index >= 15 is 0 Å². The molecule has 0 bridgehead atoms. The minimum Gasteiger partial charge on any atom is -0.478 e. The minimum atomic E-state index is -1.18. The zero-order chi connectivity index (χ0) is 18.7. The van der Waals surface area contributed by atoms with Crippen LogP contribution in [0.25, 0.3) is 0 Å². The van der Waals surface area contributed by atoms with Gasteiger partial charge in [-0.3, -0.25) is 9.59 Å². The largest absolute Gasteiger partial charge is 0.478 e. The Labute approximate surface area is 150 Å². The molecule has 2 amide bonds. The maximum absolute atomic E-state index is 12.8. The summed E-state index contributed by atoms with van der Waals surface area (Å²) in [4.78, 5) is 37.8. The summed E-state index contributed by atoms with van der Waals surface area (Å²) in [7, 11) is 0. The van der Waals surface area contributed by atoms with Gasteiger partial charge in [0.2, 0.25) is 0 Å². The lowest BCUT2D eigenvalue weighted by Gasteiger charge is -2.30. The molecule has 2 N–H and O–H groups in total. The lowest BCUT2D eigenvalue weighted by Crippen LogP contribution is -2.38. The number of likely N-dealkylation sites (tertiary alicyclic amines) is 1. The SMILES string of the molecule is CC1CCN(C(=O)c2ccccc2NC(=O)c2cc(C(=O)O)co2)CC1. The van der Waals surface area contributed by atoms with E-state index in [0.717, 1.165) is 25.2 Å². The van der Waals surface area contributed by atoms with Crippen LogP contribution in [0, 0.1) is 5.92 Å². The molecular weight excluding hydrogens is 336 g/mol. The lowest BCUT2D eigenvalue weighted by molar-refractivity contribution is 0.0687. The Bertz CT molecular complexity index is 834. The topological polar surface area (TPSA) is 99.9 Å². The Morgan fingerprint density at radius 2 is 1.88 bits per heavy atom. The number of rotatable bonds is 4. The van der Waals surface area contributed by atoms with Gasteiger partial charge >= 0.3 is 5.97 Å². The predicted octanol–water partition coefficient (Wildman–Crippen LogP) is 3.10. The van der Waals surface area contributed by atoms with Crippen LogP contribution in [0.5, 0.6) is 0 Å². The number of hydrogen-bond acceptors (Lipinski definition) is 4. The molecule has 1 fully saturated rings. The van der Waals surface area contributed by atoms with E-state index in [1.54, 1.807) is 29.2 Å². The van der Waals surface area contributed by atoms with Gasteiger partial charge in [0.25, 0.3) is 11.8 Å². The highest BCUT2D eigenvalue weighted by Crippen LogP contribution is 2.23. The molecule has 26 heavy (non-hydrogen) atoms. The van der Waals surface area contributed by atoms with Crippen LogP contribution in [0.1, 0.15) is 51.0 Å². The number of furan rings is 1. The van der Waals surface area contributed by atoms with Crippen LogP contribution in [0.3, 0.4) is 0 Å². The molecule has 1 aromatic heterocycles. The van der Waals surface area contributed by atoms with E-state index in [4.69, 9.17) is 9.52 Å². The Kier molecular flexibility index (Phi) is 5.06.